The van der Waals surface area contributed by atoms with E-state index in [-0.39, 0.29) is 5.82 Å². The predicted molar refractivity (Wildman–Crippen MR) is 112 cm³/mol. The molecule has 1 aliphatic heterocycles. The topological polar surface area (TPSA) is 44.3 Å². The number of aromatic nitrogens is 2. The Balaban J connectivity index is 1.44. The van der Waals surface area contributed by atoms with Crippen molar-refractivity contribution in [3.63, 3.8) is 0 Å². The monoisotopic (exact) mass is 377 g/mol. The minimum atomic E-state index is -0.288. The summed E-state index contributed by atoms with van der Waals surface area (Å²) in [5.41, 5.74) is 4.62. The van der Waals surface area contributed by atoms with Gasteiger partial charge in [0.15, 0.2) is 0 Å². The molecular formula is C22H24FN5. The van der Waals surface area contributed by atoms with Crippen molar-refractivity contribution in [2.45, 2.75) is 13.8 Å². The van der Waals surface area contributed by atoms with Crippen LogP contribution < -0.4 is 15.1 Å². The molecular weight excluding hydrogens is 353 g/mol. The largest absolute Gasteiger partial charge is 0.368 e. The standard InChI is InChI=1S/C22H24FN5/c1-16-5-3-8-20(17(16)2)27-11-13-28(14-12-27)21-9-10-24-22(26-21)25-19-7-4-6-18(23)15-19/h3-10,15H,11-14H2,1-2H3,(H,24,25,26). The van der Waals surface area contributed by atoms with Crippen molar-refractivity contribution >= 4 is 23.1 Å². The lowest BCUT2D eigenvalue weighted by Gasteiger charge is -2.37. The predicted octanol–water partition coefficient (Wildman–Crippen LogP) is 4.30. The second kappa shape index (κ2) is 7.84. The van der Waals surface area contributed by atoms with Gasteiger partial charge in [0.2, 0.25) is 5.95 Å². The Kier molecular flexibility index (Phi) is 5.10. The molecule has 0 radical (unpaired) electrons. The molecule has 4 rings (SSSR count). The third kappa shape index (κ3) is 3.91. The first-order valence-corrected chi connectivity index (χ1v) is 9.52. The van der Waals surface area contributed by atoms with E-state index in [1.807, 2.05) is 6.07 Å². The molecule has 5 nitrogen and oxygen atoms in total. The molecule has 1 aromatic heterocycles. The number of aryl methyl sites for hydroxylation is 1. The third-order valence-corrected chi connectivity index (χ3v) is 5.24. The Labute approximate surface area is 164 Å². The highest BCUT2D eigenvalue weighted by molar-refractivity contribution is 5.58. The lowest BCUT2D eigenvalue weighted by Crippen LogP contribution is -2.47. The zero-order valence-corrected chi connectivity index (χ0v) is 16.2. The molecule has 3 aromatic rings. The molecule has 0 unspecified atom stereocenters. The van der Waals surface area contributed by atoms with Gasteiger partial charge in [0.05, 0.1) is 0 Å². The fourth-order valence-corrected chi connectivity index (χ4v) is 3.54. The summed E-state index contributed by atoms with van der Waals surface area (Å²) in [5.74, 6) is 1.07. The first-order valence-electron chi connectivity index (χ1n) is 9.52. The molecule has 0 amide bonds. The van der Waals surface area contributed by atoms with Crippen LogP contribution in [0.25, 0.3) is 0 Å². The summed E-state index contributed by atoms with van der Waals surface area (Å²) in [7, 11) is 0. The van der Waals surface area contributed by atoms with Gasteiger partial charge in [-0.05, 0) is 55.3 Å². The molecule has 0 aliphatic carbocycles. The van der Waals surface area contributed by atoms with Gasteiger partial charge in [0, 0.05) is 43.8 Å². The number of hydrogen-bond donors (Lipinski definition) is 1. The molecule has 0 atom stereocenters. The maximum atomic E-state index is 13.4. The summed E-state index contributed by atoms with van der Waals surface area (Å²) in [6.07, 6.45) is 1.74. The van der Waals surface area contributed by atoms with E-state index < -0.39 is 0 Å². The maximum Gasteiger partial charge on any atom is 0.229 e. The van der Waals surface area contributed by atoms with Crippen LogP contribution in [0.2, 0.25) is 0 Å². The second-order valence-electron chi connectivity index (χ2n) is 7.07. The van der Waals surface area contributed by atoms with Gasteiger partial charge in [0.1, 0.15) is 11.6 Å². The zero-order chi connectivity index (χ0) is 19.5. The second-order valence-corrected chi connectivity index (χ2v) is 7.07. The van der Waals surface area contributed by atoms with Crippen LogP contribution in [0.5, 0.6) is 0 Å². The fourth-order valence-electron chi connectivity index (χ4n) is 3.54. The van der Waals surface area contributed by atoms with Crippen molar-refractivity contribution in [1.82, 2.24) is 9.97 Å². The normalized spacial score (nSPS) is 14.2. The Bertz CT molecular complexity index is 967. The minimum Gasteiger partial charge on any atom is -0.368 e. The van der Waals surface area contributed by atoms with Gasteiger partial charge in [0.25, 0.3) is 0 Å². The molecule has 28 heavy (non-hydrogen) atoms. The maximum absolute atomic E-state index is 13.4. The number of hydrogen-bond acceptors (Lipinski definition) is 5. The highest BCUT2D eigenvalue weighted by Crippen LogP contribution is 2.25. The van der Waals surface area contributed by atoms with Gasteiger partial charge in [-0.2, -0.15) is 4.98 Å². The zero-order valence-electron chi connectivity index (χ0n) is 16.2. The summed E-state index contributed by atoms with van der Waals surface area (Å²) in [4.78, 5) is 13.6. The molecule has 1 N–H and O–H groups in total. The van der Waals surface area contributed by atoms with Gasteiger partial charge in [-0.1, -0.05) is 18.2 Å². The van der Waals surface area contributed by atoms with E-state index in [4.69, 9.17) is 0 Å². The van der Waals surface area contributed by atoms with Crippen molar-refractivity contribution in [3.8, 4) is 0 Å². The molecule has 0 bridgehead atoms. The van der Waals surface area contributed by atoms with Crippen molar-refractivity contribution < 1.29 is 4.39 Å². The minimum absolute atomic E-state index is 0.288. The van der Waals surface area contributed by atoms with E-state index in [0.29, 0.717) is 11.6 Å². The molecule has 144 valence electrons. The van der Waals surface area contributed by atoms with Gasteiger partial charge < -0.3 is 15.1 Å². The smallest absolute Gasteiger partial charge is 0.229 e. The van der Waals surface area contributed by atoms with Crippen molar-refractivity contribution in [3.05, 3.63) is 71.7 Å². The van der Waals surface area contributed by atoms with Crippen LogP contribution in [0.3, 0.4) is 0 Å². The highest BCUT2D eigenvalue weighted by Gasteiger charge is 2.20. The number of nitrogens with zero attached hydrogens (tertiary/aromatic N) is 4. The molecule has 6 heteroatoms. The van der Waals surface area contributed by atoms with Gasteiger partial charge in [-0.15, -0.1) is 0 Å². The average molecular weight is 377 g/mol. The van der Waals surface area contributed by atoms with Crippen LogP contribution in [-0.4, -0.2) is 36.1 Å². The quantitative estimate of drug-likeness (QED) is 0.734. The third-order valence-electron chi connectivity index (χ3n) is 5.24. The van der Waals surface area contributed by atoms with Crippen LogP contribution >= 0.6 is 0 Å². The van der Waals surface area contributed by atoms with Gasteiger partial charge in [-0.3, -0.25) is 0 Å². The van der Waals surface area contributed by atoms with Crippen LogP contribution in [0, 0.1) is 19.7 Å². The van der Waals surface area contributed by atoms with Crippen LogP contribution in [0.4, 0.5) is 27.5 Å². The summed E-state index contributed by atoms with van der Waals surface area (Å²) in [5, 5.41) is 3.07. The Morgan fingerprint density at radius 1 is 0.929 bits per heavy atom. The van der Waals surface area contributed by atoms with Crippen LogP contribution in [0.15, 0.2) is 54.7 Å². The Hall–Kier alpha value is -3.15. The van der Waals surface area contributed by atoms with Crippen molar-refractivity contribution in [2.24, 2.45) is 0 Å². The summed E-state index contributed by atoms with van der Waals surface area (Å²) in [6.45, 7) is 8.02. The summed E-state index contributed by atoms with van der Waals surface area (Å²) < 4.78 is 13.4. The molecule has 0 spiro atoms. The van der Waals surface area contributed by atoms with Gasteiger partial charge >= 0.3 is 0 Å². The molecule has 2 aromatic carbocycles. The summed E-state index contributed by atoms with van der Waals surface area (Å²) >= 11 is 0. The van der Waals surface area contributed by atoms with E-state index in [1.165, 1.54) is 28.9 Å². The first kappa shape index (κ1) is 18.2. The molecule has 1 fully saturated rings. The van der Waals surface area contributed by atoms with E-state index in [2.05, 4.69) is 57.1 Å². The number of halogens is 1. The van der Waals surface area contributed by atoms with Crippen molar-refractivity contribution in [2.75, 3.05) is 41.3 Å². The molecule has 1 saturated heterocycles. The Morgan fingerprint density at radius 2 is 1.68 bits per heavy atom. The SMILES string of the molecule is Cc1cccc(N2CCN(c3ccnc(Nc4cccc(F)c4)n3)CC2)c1C. The lowest BCUT2D eigenvalue weighted by molar-refractivity contribution is 0.628. The van der Waals surface area contributed by atoms with Crippen LogP contribution in [0.1, 0.15) is 11.1 Å². The highest BCUT2D eigenvalue weighted by atomic mass is 19.1. The van der Waals surface area contributed by atoms with E-state index in [0.717, 1.165) is 32.0 Å². The number of piperazine rings is 1. The first-order chi connectivity index (χ1) is 13.6. The molecule has 2 heterocycles. The number of benzene rings is 2. The molecule has 0 saturated carbocycles. The number of rotatable bonds is 4. The fraction of sp³-hybridized carbons (Fsp3) is 0.273. The van der Waals surface area contributed by atoms with E-state index in [9.17, 15) is 4.39 Å². The molecule has 1 aliphatic rings. The van der Waals surface area contributed by atoms with Gasteiger partial charge in [-0.25, -0.2) is 9.37 Å². The summed E-state index contributed by atoms with van der Waals surface area (Å²) in [6, 6.07) is 14.7. The average Bonchev–Trinajstić information content (AvgIpc) is 2.71. The lowest BCUT2D eigenvalue weighted by atomic mass is 10.1. The number of nitrogens with one attached hydrogen (secondary N) is 1. The van der Waals surface area contributed by atoms with E-state index in [1.54, 1.807) is 18.3 Å². The van der Waals surface area contributed by atoms with E-state index >= 15 is 0 Å². The van der Waals surface area contributed by atoms with Crippen LogP contribution in [-0.2, 0) is 0 Å². The van der Waals surface area contributed by atoms with Crippen molar-refractivity contribution in [1.29, 1.82) is 0 Å². The number of anilines is 4. The Morgan fingerprint density at radius 3 is 2.46 bits per heavy atom.